The van der Waals surface area contributed by atoms with Gasteiger partial charge in [-0.3, -0.25) is 30.3 Å². The van der Waals surface area contributed by atoms with E-state index < -0.39 is 48.7 Å². The molecule has 0 radical (unpaired) electrons. The Kier molecular flexibility index (Phi) is 3.13. The molecule has 0 atom stereocenters. The van der Waals surface area contributed by atoms with E-state index in [2.05, 4.69) is 0 Å². The fraction of sp³-hybridized carbons (Fsp3) is 0.250. The molecule has 0 saturated carbocycles. The molecule has 0 saturated heterocycles. The van der Waals surface area contributed by atoms with Crippen LogP contribution in [0.15, 0.2) is 0 Å². The van der Waals surface area contributed by atoms with Gasteiger partial charge in [0.2, 0.25) is 0 Å². The summed E-state index contributed by atoms with van der Waals surface area (Å²) in [4.78, 5) is 29.0. The molecule has 1 aromatic rings. The lowest BCUT2D eigenvalue weighted by Gasteiger charge is -2.05. The van der Waals surface area contributed by atoms with Gasteiger partial charge < -0.3 is 5.11 Å². The van der Waals surface area contributed by atoms with Crippen LogP contribution in [0, 0.1) is 44.2 Å². The van der Waals surface area contributed by atoms with Crippen LogP contribution in [0.25, 0.3) is 0 Å². The van der Waals surface area contributed by atoms with Gasteiger partial charge in [-0.2, -0.15) is 0 Å². The third-order valence-electron chi connectivity index (χ3n) is 2.42. The molecule has 1 rings (SSSR count). The van der Waals surface area contributed by atoms with Gasteiger partial charge in [0, 0.05) is 0 Å². The van der Waals surface area contributed by atoms with Crippen LogP contribution in [0.4, 0.5) is 17.1 Å². The first-order chi connectivity index (χ1) is 8.20. The minimum atomic E-state index is -1.18. The first-order valence-electron chi connectivity index (χ1n) is 4.49. The number of aromatic hydroxyl groups is 1. The number of phenols is 1. The lowest BCUT2D eigenvalue weighted by Crippen LogP contribution is -2.04. The smallest absolute Gasteiger partial charge is 0.327 e. The van der Waals surface area contributed by atoms with E-state index in [4.69, 9.17) is 0 Å². The number of hydrogen-bond acceptors (Lipinski definition) is 7. The number of rotatable bonds is 3. The second kappa shape index (κ2) is 4.24. The Bertz CT molecular complexity index is 479. The number of benzene rings is 1. The molecule has 0 aromatic heterocycles. The van der Waals surface area contributed by atoms with E-state index in [0.29, 0.717) is 0 Å². The van der Waals surface area contributed by atoms with E-state index >= 15 is 0 Å². The van der Waals surface area contributed by atoms with Crippen molar-refractivity contribution in [1.82, 2.24) is 0 Å². The van der Waals surface area contributed by atoms with Crippen LogP contribution in [0.1, 0.15) is 11.1 Å². The van der Waals surface area contributed by atoms with Gasteiger partial charge in [-0.15, -0.1) is 0 Å². The molecule has 10 heteroatoms. The fourth-order valence-electron chi connectivity index (χ4n) is 1.69. The Hall–Kier alpha value is -2.78. The quantitative estimate of drug-likeness (QED) is 0.639. The molecule has 1 N–H and O–H groups in total. The minimum absolute atomic E-state index is 0.425. The molecule has 0 aliphatic heterocycles. The lowest BCUT2D eigenvalue weighted by molar-refractivity contribution is -0.406. The largest absolute Gasteiger partial charge is 0.497 e. The molecular weight excluding hydrogens is 250 g/mol. The number of hydrogen-bond donors (Lipinski definition) is 1. The molecular formula is C8H7N3O7. The molecule has 0 bridgehead atoms. The molecule has 18 heavy (non-hydrogen) atoms. The summed E-state index contributed by atoms with van der Waals surface area (Å²) >= 11 is 0. The van der Waals surface area contributed by atoms with Crippen molar-refractivity contribution in [3.05, 3.63) is 41.5 Å². The number of phenolic OH excluding ortho intramolecular Hbond substituents is 1. The van der Waals surface area contributed by atoms with Gasteiger partial charge in [0.05, 0.1) is 14.8 Å². The van der Waals surface area contributed by atoms with Crippen LogP contribution in [0.2, 0.25) is 0 Å². The maximum Gasteiger partial charge on any atom is 0.327 e. The van der Waals surface area contributed by atoms with E-state index in [1.807, 2.05) is 0 Å². The molecule has 0 amide bonds. The van der Waals surface area contributed by atoms with Gasteiger partial charge in [0.1, 0.15) is 11.1 Å². The highest BCUT2D eigenvalue weighted by molar-refractivity contribution is 5.74. The monoisotopic (exact) mass is 257 g/mol. The maximum absolute atomic E-state index is 10.8. The van der Waals surface area contributed by atoms with Crippen LogP contribution in [-0.2, 0) is 0 Å². The van der Waals surface area contributed by atoms with Gasteiger partial charge in [-0.25, -0.2) is 0 Å². The van der Waals surface area contributed by atoms with E-state index in [1.54, 1.807) is 0 Å². The van der Waals surface area contributed by atoms with Crippen LogP contribution >= 0.6 is 0 Å². The summed E-state index contributed by atoms with van der Waals surface area (Å²) in [7, 11) is 0. The van der Waals surface area contributed by atoms with Gasteiger partial charge in [-0.1, -0.05) is 0 Å². The zero-order valence-corrected chi connectivity index (χ0v) is 9.24. The van der Waals surface area contributed by atoms with E-state index in [0.717, 1.165) is 13.8 Å². The average Bonchev–Trinajstić information content (AvgIpc) is 2.14. The Morgan fingerprint density at radius 3 is 1.28 bits per heavy atom. The summed E-state index contributed by atoms with van der Waals surface area (Å²) in [6.07, 6.45) is 0. The first-order valence-corrected chi connectivity index (χ1v) is 4.49. The SMILES string of the molecule is Cc1c([N+](=O)[O-])c(C)c([N+](=O)[O-])c(O)c1[N+](=O)[O-]. The molecule has 0 aliphatic carbocycles. The number of nitro groups is 3. The highest BCUT2D eigenvalue weighted by atomic mass is 16.6. The molecule has 10 nitrogen and oxygen atoms in total. The predicted octanol–water partition coefficient (Wildman–Crippen LogP) is 1.73. The van der Waals surface area contributed by atoms with Gasteiger partial charge in [-0.05, 0) is 13.8 Å². The van der Waals surface area contributed by atoms with Crippen LogP contribution in [-0.4, -0.2) is 19.9 Å². The summed E-state index contributed by atoms with van der Waals surface area (Å²) in [5, 5.41) is 41.7. The van der Waals surface area contributed by atoms with Crippen molar-refractivity contribution < 1.29 is 19.9 Å². The molecule has 0 fully saturated rings. The van der Waals surface area contributed by atoms with Gasteiger partial charge in [0.15, 0.2) is 0 Å². The Morgan fingerprint density at radius 1 is 0.778 bits per heavy atom. The van der Waals surface area contributed by atoms with Crippen LogP contribution in [0.5, 0.6) is 5.75 Å². The number of nitrogens with zero attached hydrogens (tertiary/aromatic N) is 3. The minimum Gasteiger partial charge on any atom is -0.497 e. The third-order valence-corrected chi connectivity index (χ3v) is 2.42. The Labute approximate surface area is 98.9 Å². The molecule has 0 aliphatic rings. The molecule has 96 valence electrons. The predicted molar refractivity (Wildman–Crippen MR) is 57.5 cm³/mol. The van der Waals surface area contributed by atoms with E-state index in [-0.39, 0.29) is 0 Å². The number of nitro benzene ring substituents is 3. The zero-order valence-electron chi connectivity index (χ0n) is 9.24. The van der Waals surface area contributed by atoms with Gasteiger partial charge >= 0.3 is 11.4 Å². The second-order valence-electron chi connectivity index (χ2n) is 3.42. The van der Waals surface area contributed by atoms with Crippen molar-refractivity contribution in [3.8, 4) is 5.75 Å². The van der Waals surface area contributed by atoms with Crippen molar-refractivity contribution in [2.45, 2.75) is 13.8 Å². The highest BCUT2D eigenvalue weighted by Gasteiger charge is 2.38. The summed E-state index contributed by atoms with van der Waals surface area (Å²) in [5.74, 6) is -1.18. The second-order valence-corrected chi connectivity index (χ2v) is 3.42. The molecule has 0 unspecified atom stereocenters. The summed E-state index contributed by atoms with van der Waals surface area (Å²) < 4.78 is 0. The van der Waals surface area contributed by atoms with E-state index in [1.165, 1.54) is 0 Å². The van der Waals surface area contributed by atoms with Crippen LogP contribution in [0.3, 0.4) is 0 Å². The standard InChI is InChI=1S/C8H7N3O7/c1-3-5(9(13)14)4(2)7(11(17)18)8(12)6(3)10(15)16/h12H,1-2H3. The van der Waals surface area contributed by atoms with E-state index in [9.17, 15) is 35.4 Å². The van der Waals surface area contributed by atoms with Crippen LogP contribution < -0.4 is 0 Å². The van der Waals surface area contributed by atoms with Crippen molar-refractivity contribution in [2.24, 2.45) is 0 Å². The van der Waals surface area contributed by atoms with Crippen molar-refractivity contribution in [2.75, 3.05) is 0 Å². The first kappa shape index (κ1) is 13.3. The normalized spacial score (nSPS) is 10.1. The molecule has 0 heterocycles. The molecule has 0 spiro atoms. The average molecular weight is 257 g/mol. The summed E-state index contributed by atoms with van der Waals surface area (Å²) in [6, 6.07) is 0. The summed E-state index contributed by atoms with van der Waals surface area (Å²) in [6.45, 7) is 2.10. The zero-order chi connectivity index (χ0) is 14.2. The maximum atomic E-state index is 10.8. The third kappa shape index (κ3) is 1.79. The lowest BCUT2D eigenvalue weighted by atomic mass is 10.0. The van der Waals surface area contributed by atoms with Crippen molar-refractivity contribution in [3.63, 3.8) is 0 Å². The Morgan fingerprint density at radius 2 is 1.06 bits per heavy atom. The topological polar surface area (TPSA) is 150 Å². The highest BCUT2D eigenvalue weighted by Crippen LogP contribution is 2.46. The summed E-state index contributed by atoms with van der Waals surface area (Å²) in [5.41, 5.74) is -3.65. The van der Waals surface area contributed by atoms with Crippen molar-refractivity contribution >= 4 is 17.1 Å². The fourth-order valence-corrected chi connectivity index (χ4v) is 1.69. The van der Waals surface area contributed by atoms with Gasteiger partial charge in [0.25, 0.3) is 11.4 Å². The molecule has 1 aromatic carbocycles. The van der Waals surface area contributed by atoms with Crippen molar-refractivity contribution in [1.29, 1.82) is 0 Å². The Balaban J connectivity index is 3.94.